The summed E-state index contributed by atoms with van der Waals surface area (Å²) in [5.74, 6) is 1.77. The molecule has 0 unspecified atom stereocenters. The van der Waals surface area contributed by atoms with Gasteiger partial charge in [-0.25, -0.2) is 4.39 Å². The van der Waals surface area contributed by atoms with E-state index in [2.05, 4.69) is 0 Å². The van der Waals surface area contributed by atoms with Gasteiger partial charge in [-0.2, -0.15) is 0 Å². The van der Waals surface area contributed by atoms with Gasteiger partial charge in [0.1, 0.15) is 17.3 Å². The van der Waals surface area contributed by atoms with Crippen molar-refractivity contribution in [3.8, 4) is 11.5 Å². The summed E-state index contributed by atoms with van der Waals surface area (Å²) in [4.78, 5) is 0. The highest BCUT2D eigenvalue weighted by Crippen LogP contribution is 2.39. The van der Waals surface area contributed by atoms with E-state index in [0.29, 0.717) is 23.1 Å². The minimum atomic E-state index is -0.278. The van der Waals surface area contributed by atoms with Crippen LogP contribution in [0.5, 0.6) is 11.5 Å². The van der Waals surface area contributed by atoms with Gasteiger partial charge in [0.2, 0.25) is 0 Å². The molecule has 0 amide bonds. The average Bonchev–Trinajstić information content (AvgIpc) is 2.86. The van der Waals surface area contributed by atoms with Gasteiger partial charge in [0.15, 0.2) is 5.76 Å². The summed E-state index contributed by atoms with van der Waals surface area (Å²) in [5.41, 5.74) is 3.48. The molecule has 28 heavy (non-hydrogen) atoms. The number of ether oxygens (including phenoxy) is 2. The molecule has 140 valence electrons. The van der Waals surface area contributed by atoms with Gasteiger partial charge in [0, 0.05) is 11.1 Å². The molecule has 0 aliphatic carbocycles. The number of allylic oxidation sites excluding steroid dienone is 2. The monoisotopic (exact) mass is 392 g/mol. The van der Waals surface area contributed by atoms with Gasteiger partial charge in [-0.1, -0.05) is 41.9 Å². The Bertz CT molecular complexity index is 1050. The second-order valence-electron chi connectivity index (χ2n) is 6.30. The van der Waals surface area contributed by atoms with E-state index < -0.39 is 0 Å². The van der Waals surface area contributed by atoms with Crippen LogP contribution in [0, 0.1) is 5.82 Å². The molecular formula is C24H18ClFO2. The standard InChI is InChI=1S/C24H18ClFO2/c1-2-27-19-13-9-17(10-14-19)24-22(25)15-21(16-7-11-18(26)12-8-16)20-5-3-4-6-23(20)28-24/h3-15H,2H2,1H3. The number of hydrogen-bond donors (Lipinski definition) is 0. The molecule has 4 heteroatoms. The van der Waals surface area contributed by atoms with Crippen LogP contribution in [0.25, 0.3) is 11.3 Å². The van der Waals surface area contributed by atoms with Crippen LogP contribution in [0.4, 0.5) is 4.39 Å². The second-order valence-corrected chi connectivity index (χ2v) is 6.70. The Kier molecular flexibility index (Phi) is 5.18. The molecule has 0 N–H and O–H groups in total. The van der Waals surface area contributed by atoms with E-state index in [1.807, 2.05) is 61.5 Å². The molecule has 3 aromatic rings. The highest BCUT2D eigenvalue weighted by molar-refractivity contribution is 6.34. The number of rotatable bonds is 4. The topological polar surface area (TPSA) is 18.5 Å². The van der Waals surface area contributed by atoms with E-state index in [9.17, 15) is 4.39 Å². The maximum Gasteiger partial charge on any atom is 0.153 e. The number of fused-ring (bicyclic) bond motifs is 1. The van der Waals surface area contributed by atoms with Crippen molar-refractivity contribution in [1.82, 2.24) is 0 Å². The van der Waals surface area contributed by atoms with Crippen LogP contribution in [0.1, 0.15) is 23.6 Å². The van der Waals surface area contributed by atoms with Gasteiger partial charge in [0.05, 0.1) is 11.6 Å². The van der Waals surface area contributed by atoms with Gasteiger partial charge in [0.25, 0.3) is 0 Å². The second kappa shape index (κ2) is 7.91. The van der Waals surface area contributed by atoms with Crippen LogP contribution in [-0.2, 0) is 0 Å². The molecule has 3 aromatic carbocycles. The van der Waals surface area contributed by atoms with Gasteiger partial charge in [-0.05, 0) is 66.6 Å². The van der Waals surface area contributed by atoms with Crippen LogP contribution in [0.3, 0.4) is 0 Å². The van der Waals surface area contributed by atoms with E-state index >= 15 is 0 Å². The molecule has 2 nitrogen and oxygen atoms in total. The smallest absolute Gasteiger partial charge is 0.153 e. The van der Waals surface area contributed by atoms with Crippen LogP contribution in [-0.4, -0.2) is 6.61 Å². The quantitative estimate of drug-likeness (QED) is 0.494. The molecule has 0 bridgehead atoms. The molecule has 0 atom stereocenters. The zero-order chi connectivity index (χ0) is 19.5. The predicted octanol–water partition coefficient (Wildman–Crippen LogP) is 6.66. The largest absolute Gasteiger partial charge is 0.494 e. The zero-order valence-electron chi connectivity index (χ0n) is 15.3. The summed E-state index contributed by atoms with van der Waals surface area (Å²) in [6, 6.07) is 21.7. The Labute approximate surface area is 168 Å². The van der Waals surface area contributed by atoms with Crippen LogP contribution in [0.2, 0.25) is 0 Å². The van der Waals surface area contributed by atoms with Gasteiger partial charge >= 0.3 is 0 Å². The minimum Gasteiger partial charge on any atom is -0.494 e. The third kappa shape index (κ3) is 3.67. The van der Waals surface area contributed by atoms with Crippen molar-refractivity contribution < 1.29 is 13.9 Å². The van der Waals surface area contributed by atoms with Crippen molar-refractivity contribution in [3.63, 3.8) is 0 Å². The number of benzene rings is 3. The lowest BCUT2D eigenvalue weighted by Crippen LogP contribution is -1.98. The van der Waals surface area contributed by atoms with Crippen LogP contribution in [0.15, 0.2) is 83.9 Å². The molecule has 4 rings (SSSR count). The zero-order valence-corrected chi connectivity index (χ0v) is 16.0. The normalized spacial score (nSPS) is 13.3. The van der Waals surface area contributed by atoms with Crippen LogP contribution < -0.4 is 9.47 Å². The highest BCUT2D eigenvalue weighted by Gasteiger charge is 2.20. The highest BCUT2D eigenvalue weighted by atomic mass is 35.5. The minimum absolute atomic E-state index is 0.278. The van der Waals surface area contributed by atoms with E-state index in [-0.39, 0.29) is 5.82 Å². The first-order valence-corrected chi connectivity index (χ1v) is 9.41. The lowest BCUT2D eigenvalue weighted by molar-refractivity contribution is 0.340. The average molecular weight is 393 g/mol. The molecule has 0 aromatic heterocycles. The third-order valence-electron chi connectivity index (χ3n) is 4.46. The summed E-state index contributed by atoms with van der Waals surface area (Å²) in [7, 11) is 0. The Balaban J connectivity index is 1.83. The molecule has 0 radical (unpaired) electrons. The van der Waals surface area contributed by atoms with Crippen molar-refractivity contribution in [3.05, 3.63) is 106 Å². The first kappa shape index (κ1) is 18.3. The van der Waals surface area contributed by atoms with Crippen molar-refractivity contribution >= 4 is 22.9 Å². The van der Waals surface area contributed by atoms with E-state index in [4.69, 9.17) is 21.1 Å². The molecule has 1 aliphatic rings. The number of hydrogen-bond acceptors (Lipinski definition) is 2. The van der Waals surface area contributed by atoms with Gasteiger partial charge in [-0.15, -0.1) is 0 Å². The first-order chi connectivity index (χ1) is 13.7. The Morgan fingerprint density at radius 2 is 1.57 bits per heavy atom. The summed E-state index contributed by atoms with van der Waals surface area (Å²) < 4.78 is 25.1. The fourth-order valence-electron chi connectivity index (χ4n) is 3.14. The lowest BCUT2D eigenvalue weighted by atomic mass is 9.97. The molecule has 0 fully saturated rings. The Morgan fingerprint density at radius 3 is 2.29 bits per heavy atom. The number of halogens is 2. The molecular weight excluding hydrogens is 375 g/mol. The van der Waals surface area contributed by atoms with Crippen molar-refractivity contribution in [1.29, 1.82) is 0 Å². The Hall–Kier alpha value is -3.04. The van der Waals surface area contributed by atoms with Crippen molar-refractivity contribution in [2.24, 2.45) is 0 Å². The van der Waals surface area contributed by atoms with E-state index in [1.54, 1.807) is 12.1 Å². The number of para-hydroxylation sites is 1. The van der Waals surface area contributed by atoms with Gasteiger partial charge < -0.3 is 9.47 Å². The molecule has 0 saturated carbocycles. The maximum atomic E-state index is 13.4. The fraction of sp³-hybridized carbons (Fsp3) is 0.0833. The molecule has 1 heterocycles. The summed E-state index contributed by atoms with van der Waals surface area (Å²) >= 11 is 6.66. The summed E-state index contributed by atoms with van der Waals surface area (Å²) in [6.07, 6.45) is 1.87. The molecule has 1 aliphatic heterocycles. The maximum absolute atomic E-state index is 13.4. The summed E-state index contributed by atoms with van der Waals surface area (Å²) in [6.45, 7) is 2.55. The lowest BCUT2D eigenvalue weighted by Gasteiger charge is -2.13. The van der Waals surface area contributed by atoms with E-state index in [0.717, 1.165) is 28.0 Å². The molecule has 0 saturated heterocycles. The molecule has 0 spiro atoms. The SMILES string of the molecule is CCOc1ccc(C2=C(Cl)C=C(c3ccc(F)cc3)c3ccccc3O2)cc1. The summed E-state index contributed by atoms with van der Waals surface area (Å²) in [5, 5.41) is 0.472. The van der Waals surface area contributed by atoms with Crippen molar-refractivity contribution in [2.75, 3.05) is 6.61 Å². The first-order valence-electron chi connectivity index (χ1n) is 9.03. The predicted molar refractivity (Wildman–Crippen MR) is 111 cm³/mol. The van der Waals surface area contributed by atoms with E-state index in [1.165, 1.54) is 12.1 Å². The third-order valence-corrected chi connectivity index (χ3v) is 4.74. The van der Waals surface area contributed by atoms with Gasteiger partial charge in [-0.3, -0.25) is 0 Å². The Morgan fingerprint density at radius 1 is 0.893 bits per heavy atom. The van der Waals surface area contributed by atoms with Crippen molar-refractivity contribution in [2.45, 2.75) is 6.92 Å². The van der Waals surface area contributed by atoms with Crippen LogP contribution >= 0.6 is 11.6 Å². The fourth-order valence-corrected chi connectivity index (χ4v) is 3.40.